The molecule has 8 nitrogen and oxygen atoms in total. The van der Waals surface area contributed by atoms with Gasteiger partial charge in [0.2, 0.25) is 0 Å². The molecule has 35 heavy (non-hydrogen) atoms. The van der Waals surface area contributed by atoms with E-state index in [1.165, 1.54) is 0 Å². The maximum Gasteiger partial charge on any atom is 0.407 e. The van der Waals surface area contributed by atoms with E-state index in [2.05, 4.69) is 20.2 Å². The third kappa shape index (κ3) is 4.86. The number of nitrogens with two attached hydrogens (primary N) is 1. The number of aromatic nitrogens is 1. The zero-order chi connectivity index (χ0) is 24.4. The Labute approximate surface area is 209 Å². The van der Waals surface area contributed by atoms with E-state index < -0.39 is 5.60 Å². The number of hydrogen-bond acceptors (Lipinski definition) is 7. The fourth-order valence-corrected chi connectivity index (χ4v) is 5.48. The molecule has 5 rings (SSSR count). The van der Waals surface area contributed by atoms with Crippen molar-refractivity contribution in [2.24, 2.45) is 10.7 Å². The lowest BCUT2D eigenvalue weighted by Crippen LogP contribution is -2.46. The van der Waals surface area contributed by atoms with Gasteiger partial charge in [-0.25, -0.2) is 4.79 Å². The molecule has 1 aliphatic carbocycles. The van der Waals surface area contributed by atoms with Crippen LogP contribution in [0.15, 0.2) is 47.9 Å². The number of carbonyl (C=O) groups excluding carboxylic acids is 1. The number of nitrogens with one attached hydrogen (secondary N) is 1. The average molecular weight is 496 g/mol. The predicted octanol–water partition coefficient (Wildman–Crippen LogP) is 3.76. The van der Waals surface area contributed by atoms with Crippen molar-refractivity contribution in [1.29, 1.82) is 0 Å². The Morgan fingerprint density at radius 3 is 2.66 bits per heavy atom. The van der Waals surface area contributed by atoms with Gasteiger partial charge in [0.1, 0.15) is 5.60 Å². The van der Waals surface area contributed by atoms with Crippen LogP contribution in [0.1, 0.15) is 37.7 Å². The van der Waals surface area contributed by atoms with Gasteiger partial charge in [-0.1, -0.05) is 35.9 Å². The molecule has 1 spiro atoms. The van der Waals surface area contributed by atoms with Gasteiger partial charge in [0.15, 0.2) is 0 Å². The van der Waals surface area contributed by atoms with Gasteiger partial charge in [-0.05, 0) is 30.4 Å². The molecule has 3 fully saturated rings. The first kappa shape index (κ1) is 23.6. The number of alkyl carbamates (subject to hydrolysis) is 1. The molecule has 1 saturated carbocycles. The Bertz CT molecular complexity index is 1140. The number of ether oxygens (including phenoxy) is 1. The number of allylic oxidation sites excluding steroid dienone is 1. The smallest absolute Gasteiger partial charge is 0.407 e. The van der Waals surface area contributed by atoms with Gasteiger partial charge in [-0.3, -0.25) is 9.98 Å². The topological polar surface area (TPSA) is 113 Å². The molecular formula is C26H30ClN5O3. The maximum atomic E-state index is 11.6. The van der Waals surface area contributed by atoms with E-state index in [9.17, 15) is 9.90 Å². The Hall–Kier alpha value is -3.10. The standard InChI is InChI=1S/C26H30ClN5O3/c27-21-15-29-14-20(24(21)32-10-8-26(9-11-32)16-31-25(34)35-26)18-6-4-17(5-7-18)19(12-28)13-30-22-2-1-3-23(22)33/h4-7,12-15,22-23,33H,1-3,8-11,16,28H2,(H,31,34)/t22-,23-/m0/s1. The Morgan fingerprint density at radius 2 is 2.03 bits per heavy atom. The molecule has 0 radical (unpaired) electrons. The molecule has 9 heteroatoms. The third-order valence-electron chi connectivity index (χ3n) is 7.29. The fourth-order valence-electron chi connectivity index (χ4n) is 5.21. The van der Waals surface area contributed by atoms with Crippen LogP contribution in [0.25, 0.3) is 16.7 Å². The summed E-state index contributed by atoms with van der Waals surface area (Å²) in [7, 11) is 0. The fraction of sp³-hybridized carbons (Fsp3) is 0.423. The number of hydrogen-bond donors (Lipinski definition) is 3. The van der Waals surface area contributed by atoms with Crippen molar-refractivity contribution in [1.82, 2.24) is 10.3 Å². The number of aliphatic hydroxyl groups is 1. The molecule has 1 amide bonds. The highest BCUT2D eigenvalue weighted by molar-refractivity contribution is 6.33. The molecule has 0 unspecified atom stereocenters. The SMILES string of the molecule is NC=C(C=N[C@H]1CCC[C@@H]1O)c1ccc(-c2cncc(Cl)c2N2CCC3(CC2)CNC(=O)O3)cc1. The van der Waals surface area contributed by atoms with Crippen molar-refractivity contribution < 1.29 is 14.6 Å². The summed E-state index contributed by atoms with van der Waals surface area (Å²) in [6, 6.07) is 8.01. The van der Waals surface area contributed by atoms with Crippen LogP contribution in [0.2, 0.25) is 5.02 Å². The van der Waals surface area contributed by atoms with Crippen molar-refractivity contribution in [3.63, 3.8) is 0 Å². The van der Waals surface area contributed by atoms with Crippen LogP contribution in [0, 0.1) is 0 Å². The van der Waals surface area contributed by atoms with E-state index >= 15 is 0 Å². The zero-order valence-electron chi connectivity index (χ0n) is 19.5. The summed E-state index contributed by atoms with van der Waals surface area (Å²) in [6.07, 6.45) is 10.3. The molecule has 3 aliphatic rings. The van der Waals surface area contributed by atoms with Crippen LogP contribution in [-0.2, 0) is 4.74 Å². The van der Waals surface area contributed by atoms with Crippen molar-refractivity contribution in [3.05, 3.63) is 53.4 Å². The number of carbonyl (C=O) groups is 1. The Balaban J connectivity index is 1.35. The minimum absolute atomic E-state index is 0.0588. The van der Waals surface area contributed by atoms with Gasteiger partial charge in [0.25, 0.3) is 0 Å². The molecule has 2 atom stereocenters. The number of anilines is 1. The number of halogens is 1. The van der Waals surface area contributed by atoms with Crippen LogP contribution >= 0.6 is 11.6 Å². The zero-order valence-corrected chi connectivity index (χ0v) is 20.2. The quantitative estimate of drug-likeness (QED) is 0.544. The van der Waals surface area contributed by atoms with E-state index in [0.29, 0.717) is 11.6 Å². The second-order valence-electron chi connectivity index (χ2n) is 9.47. The van der Waals surface area contributed by atoms with Crippen LogP contribution in [0.5, 0.6) is 0 Å². The first-order valence-electron chi connectivity index (χ1n) is 12.1. The number of benzene rings is 1. The molecule has 4 N–H and O–H groups in total. The van der Waals surface area contributed by atoms with Crippen LogP contribution in [-0.4, -0.2) is 59.8 Å². The largest absolute Gasteiger partial charge is 0.441 e. The molecular weight excluding hydrogens is 466 g/mol. The predicted molar refractivity (Wildman–Crippen MR) is 138 cm³/mol. The van der Waals surface area contributed by atoms with E-state index in [1.807, 2.05) is 30.5 Å². The highest BCUT2D eigenvalue weighted by Gasteiger charge is 2.43. The first-order valence-corrected chi connectivity index (χ1v) is 12.4. The number of rotatable bonds is 5. The highest BCUT2D eigenvalue weighted by Crippen LogP contribution is 2.40. The summed E-state index contributed by atoms with van der Waals surface area (Å²) in [4.78, 5) is 22.7. The van der Waals surface area contributed by atoms with Crippen LogP contribution in [0.4, 0.5) is 10.5 Å². The number of nitrogens with zero attached hydrogens (tertiary/aromatic N) is 3. The molecule has 2 aliphatic heterocycles. The van der Waals surface area contributed by atoms with E-state index in [-0.39, 0.29) is 18.2 Å². The molecule has 184 valence electrons. The molecule has 0 bridgehead atoms. The van der Waals surface area contributed by atoms with E-state index in [1.54, 1.807) is 18.6 Å². The van der Waals surface area contributed by atoms with Gasteiger partial charge in [-0.2, -0.15) is 0 Å². The van der Waals surface area contributed by atoms with Crippen LogP contribution < -0.4 is 16.0 Å². The Morgan fingerprint density at radius 1 is 1.26 bits per heavy atom. The minimum atomic E-state index is -0.421. The first-order chi connectivity index (χ1) is 17.0. The summed E-state index contributed by atoms with van der Waals surface area (Å²) in [5.41, 5.74) is 10.1. The number of piperidine rings is 1. The summed E-state index contributed by atoms with van der Waals surface area (Å²) in [5.74, 6) is 0. The van der Waals surface area contributed by atoms with Gasteiger partial charge in [0, 0.05) is 61.9 Å². The molecule has 1 aromatic carbocycles. The average Bonchev–Trinajstić information content (AvgIpc) is 3.45. The minimum Gasteiger partial charge on any atom is -0.441 e. The highest BCUT2D eigenvalue weighted by atomic mass is 35.5. The number of pyridine rings is 1. The second-order valence-corrected chi connectivity index (χ2v) is 9.88. The summed E-state index contributed by atoms with van der Waals surface area (Å²) in [5, 5.41) is 13.4. The molecule has 2 aromatic rings. The van der Waals surface area contributed by atoms with Crippen LogP contribution in [0.3, 0.4) is 0 Å². The van der Waals surface area contributed by atoms with Crippen molar-refractivity contribution in [3.8, 4) is 11.1 Å². The lowest BCUT2D eigenvalue weighted by atomic mass is 9.91. The van der Waals surface area contributed by atoms with E-state index in [0.717, 1.165) is 73.1 Å². The van der Waals surface area contributed by atoms with Gasteiger partial charge in [-0.15, -0.1) is 0 Å². The van der Waals surface area contributed by atoms with Gasteiger partial charge < -0.3 is 25.8 Å². The van der Waals surface area contributed by atoms with Crippen molar-refractivity contribution in [2.45, 2.75) is 49.9 Å². The Kier molecular flexibility index (Phi) is 6.67. The van der Waals surface area contributed by atoms with Gasteiger partial charge >= 0.3 is 6.09 Å². The third-order valence-corrected chi connectivity index (χ3v) is 7.56. The summed E-state index contributed by atoms with van der Waals surface area (Å²) in [6.45, 7) is 2.01. The maximum absolute atomic E-state index is 11.6. The summed E-state index contributed by atoms with van der Waals surface area (Å²) >= 11 is 6.64. The molecule has 1 aromatic heterocycles. The normalized spacial score (nSPS) is 24.2. The number of aliphatic imine (C=N–C) groups is 1. The number of aliphatic hydroxyl groups excluding tert-OH is 1. The lowest BCUT2D eigenvalue weighted by Gasteiger charge is -2.39. The number of amides is 1. The summed E-state index contributed by atoms with van der Waals surface area (Å²) < 4.78 is 5.56. The molecule has 3 heterocycles. The molecule has 2 saturated heterocycles. The van der Waals surface area contributed by atoms with E-state index in [4.69, 9.17) is 22.1 Å². The van der Waals surface area contributed by atoms with Crippen molar-refractivity contribution >= 4 is 35.2 Å². The van der Waals surface area contributed by atoms with Gasteiger partial charge in [0.05, 0.1) is 29.4 Å². The lowest BCUT2D eigenvalue weighted by molar-refractivity contribution is 0.0367. The monoisotopic (exact) mass is 495 g/mol. The van der Waals surface area contributed by atoms with Crippen molar-refractivity contribution in [2.75, 3.05) is 24.5 Å². The second kappa shape index (κ2) is 9.87.